The van der Waals surface area contributed by atoms with Gasteiger partial charge in [-0.1, -0.05) is 23.2 Å². The van der Waals surface area contributed by atoms with Crippen molar-refractivity contribution in [2.45, 2.75) is 19.9 Å². The summed E-state index contributed by atoms with van der Waals surface area (Å²) >= 11 is 11.9. The van der Waals surface area contributed by atoms with Gasteiger partial charge in [-0.3, -0.25) is 4.79 Å². The van der Waals surface area contributed by atoms with Crippen LogP contribution < -0.4 is 15.4 Å². The van der Waals surface area contributed by atoms with Crippen molar-refractivity contribution in [1.29, 1.82) is 0 Å². The molecule has 0 fully saturated rings. The summed E-state index contributed by atoms with van der Waals surface area (Å²) in [5.41, 5.74) is 1.36. The van der Waals surface area contributed by atoms with Crippen LogP contribution in [0.1, 0.15) is 13.8 Å². The molecule has 2 aromatic carbocycles. The average molecular weight is 353 g/mol. The van der Waals surface area contributed by atoms with Crippen molar-refractivity contribution in [1.82, 2.24) is 0 Å². The lowest BCUT2D eigenvalue weighted by molar-refractivity contribution is -0.116. The quantitative estimate of drug-likeness (QED) is 0.782. The van der Waals surface area contributed by atoms with Gasteiger partial charge in [0.1, 0.15) is 11.8 Å². The first-order valence-corrected chi connectivity index (χ1v) is 8.00. The molecule has 0 aliphatic heterocycles. The summed E-state index contributed by atoms with van der Waals surface area (Å²) in [6, 6.07) is 11.9. The minimum absolute atomic E-state index is 0.192. The molecule has 0 radical (unpaired) electrons. The molecular formula is C17H18Cl2N2O2. The summed E-state index contributed by atoms with van der Waals surface area (Å²) in [6.07, 6.45) is 0. The van der Waals surface area contributed by atoms with Crippen molar-refractivity contribution in [2.75, 3.05) is 17.2 Å². The van der Waals surface area contributed by atoms with Crippen molar-refractivity contribution >= 4 is 40.5 Å². The second-order valence-electron chi connectivity index (χ2n) is 4.94. The number of ether oxygens (including phenoxy) is 1. The summed E-state index contributed by atoms with van der Waals surface area (Å²) in [5, 5.41) is 6.82. The Morgan fingerprint density at radius 2 is 1.87 bits per heavy atom. The number of halogens is 2. The van der Waals surface area contributed by atoms with Crippen molar-refractivity contribution < 1.29 is 9.53 Å². The molecular weight excluding hydrogens is 335 g/mol. The second-order valence-corrected chi connectivity index (χ2v) is 5.78. The maximum atomic E-state index is 12.2. The second kappa shape index (κ2) is 8.09. The number of carbonyl (C=O) groups excluding carboxylic acids is 1. The highest BCUT2D eigenvalue weighted by Crippen LogP contribution is 2.25. The summed E-state index contributed by atoms with van der Waals surface area (Å²) in [5.74, 6) is 0.603. The standard InChI is InChI=1S/C17H18Cl2N2O2/c1-3-23-14-7-5-13(6-8-14)20-11(2)17(22)21-16-9-4-12(18)10-15(16)19/h4-11,20H,3H2,1-2H3,(H,21,22). The molecule has 4 nitrogen and oxygen atoms in total. The first kappa shape index (κ1) is 17.4. The summed E-state index contributed by atoms with van der Waals surface area (Å²) in [7, 11) is 0. The molecule has 1 unspecified atom stereocenters. The van der Waals surface area contributed by atoms with Gasteiger partial charge in [0.05, 0.1) is 17.3 Å². The zero-order valence-corrected chi connectivity index (χ0v) is 14.4. The van der Waals surface area contributed by atoms with E-state index in [1.165, 1.54) is 0 Å². The predicted octanol–water partition coefficient (Wildman–Crippen LogP) is 4.83. The molecule has 0 spiro atoms. The van der Waals surface area contributed by atoms with Crippen LogP contribution in [0.2, 0.25) is 10.0 Å². The van der Waals surface area contributed by atoms with Gasteiger partial charge in [0.15, 0.2) is 0 Å². The highest BCUT2D eigenvalue weighted by Gasteiger charge is 2.14. The Labute approximate surface area is 145 Å². The Morgan fingerprint density at radius 3 is 2.48 bits per heavy atom. The number of benzene rings is 2. The predicted molar refractivity (Wildman–Crippen MR) is 95.8 cm³/mol. The normalized spacial score (nSPS) is 11.7. The molecule has 0 saturated carbocycles. The van der Waals surface area contributed by atoms with E-state index in [0.717, 1.165) is 11.4 Å². The topological polar surface area (TPSA) is 50.4 Å². The van der Waals surface area contributed by atoms with Crippen molar-refractivity contribution in [3.63, 3.8) is 0 Å². The third-order valence-electron chi connectivity index (χ3n) is 3.13. The van der Waals surface area contributed by atoms with Crippen LogP contribution in [0.15, 0.2) is 42.5 Å². The Balaban J connectivity index is 1.96. The van der Waals surface area contributed by atoms with Gasteiger partial charge in [0, 0.05) is 10.7 Å². The van der Waals surface area contributed by atoms with Crippen molar-refractivity contribution in [3.8, 4) is 5.75 Å². The highest BCUT2D eigenvalue weighted by atomic mass is 35.5. The van der Waals surface area contributed by atoms with E-state index in [4.69, 9.17) is 27.9 Å². The zero-order valence-electron chi connectivity index (χ0n) is 12.9. The Bertz CT molecular complexity index is 675. The Morgan fingerprint density at radius 1 is 1.17 bits per heavy atom. The summed E-state index contributed by atoms with van der Waals surface area (Å²) in [6.45, 7) is 4.32. The molecule has 0 aliphatic carbocycles. The average Bonchev–Trinajstić information content (AvgIpc) is 2.52. The van der Waals surface area contributed by atoms with Crippen molar-refractivity contribution in [3.05, 3.63) is 52.5 Å². The van der Waals surface area contributed by atoms with E-state index in [-0.39, 0.29) is 5.91 Å². The SMILES string of the molecule is CCOc1ccc(NC(C)C(=O)Nc2ccc(Cl)cc2Cl)cc1. The number of hydrogen-bond donors (Lipinski definition) is 2. The Kier molecular flexibility index (Phi) is 6.13. The van der Waals surface area contributed by atoms with E-state index in [9.17, 15) is 4.79 Å². The third kappa shape index (κ3) is 5.05. The maximum absolute atomic E-state index is 12.2. The highest BCUT2D eigenvalue weighted by molar-refractivity contribution is 6.36. The minimum atomic E-state index is -0.431. The lowest BCUT2D eigenvalue weighted by atomic mass is 10.2. The number of amides is 1. The van der Waals surface area contributed by atoms with E-state index in [0.29, 0.717) is 22.3 Å². The lowest BCUT2D eigenvalue weighted by Crippen LogP contribution is -2.31. The maximum Gasteiger partial charge on any atom is 0.246 e. The Hall–Kier alpha value is -1.91. The van der Waals surface area contributed by atoms with Crippen LogP contribution in [-0.4, -0.2) is 18.6 Å². The zero-order chi connectivity index (χ0) is 16.8. The summed E-state index contributed by atoms with van der Waals surface area (Å²) in [4.78, 5) is 12.2. The number of nitrogens with one attached hydrogen (secondary N) is 2. The van der Waals surface area contributed by atoms with E-state index < -0.39 is 6.04 Å². The van der Waals surface area contributed by atoms with E-state index in [2.05, 4.69) is 10.6 Å². The summed E-state index contributed by atoms with van der Waals surface area (Å²) < 4.78 is 5.38. The molecule has 6 heteroatoms. The van der Waals surface area contributed by atoms with E-state index in [1.807, 2.05) is 31.2 Å². The van der Waals surface area contributed by atoms with Crippen LogP contribution >= 0.6 is 23.2 Å². The molecule has 1 amide bonds. The van der Waals surface area contributed by atoms with E-state index >= 15 is 0 Å². The van der Waals surface area contributed by atoms with Crippen LogP contribution in [0.4, 0.5) is 11.4 Å². The molecule has 23 heavy (non-hydrogen) atoms. The fourth-order valence-corrected chi connectivity index (χ4v) is 2.42. The number of anilines is 2. The molecule has 0 aromatic heterocycles. The van der Waals surface area contributed by atoms with Gasteiger partial charge in [0.2, 0.25) is 5.91 Å². The van der Waals surface area contributed by atoms with Gasteiger partial charge in [-0.05, 0) is 56.3 Å². The smallest absolute Gasteiger partial charge is 0.246 e. The molecule has 0 aliphatic rings. The molecule has 0 bridgehead atoms. The van der Waals surface area contributed by atoms with Gasteiger partial charge in [-0.15, -0.1) is 0 Å². The van der Waals surface area contributed by atoms with Crippen LogP contribution in [0.25, 0.3) is 0 Å². The molecule has 0 saturated heterocycles. The third-order valence-corrected chi connectivity index (χ3v) is 3.68. The number of rotatable bonds is 6. The first-order valence-electron chi connectivity index (χ1n) is 7.25. The first-order chi connectivity index (χ1) is 11.0. The van der Waals surface area contributed by atoms with Gasteiger partial charge in [-0.25, -0.2) is 0 Å². The van der Waals surface area contributed by atoms with Gasteiger partial charge in [-0.2, -0.15) is 0 Å². The van der Waals surface area contributed by atoms with E-state index in [1.54, 1.807) is 25.1 Å². The molecule has 2 rings (SSSR count). The van der Waals surface area contributed by atoms with Crippen LogP contribution in [-0.2, 0) is 4.79 Å². The number of hydrogen-bond acceptors (Lipinski definition) is 3. The monoisotopic (exact) mass is 352 g/mol. The van der Waals surface area contributed by atoms with Gasteiger partial charge in [0.25, 0.3) is 0 Å². The minimum Gasteiger partial charge on any atom is -0.494 e. The fraction of sp³-hybridized carbons (Fsp3) is 0.235. The fourth-order valence-electron chi connectivity index (χ4n) is 1.96. The van der Waals surface area contributed by atoms with Gasteiger partial charge >= 0.3 is 0 Å². The molecule has 122 valence electrons. The lowest BCUT2D eigenvalue weighted by Gasteiger charge is -2.16. The van der Waals surface area contributed by atoms with Crippen LogP contribution in [0.3, 0.4) is 0 Å². The van der Waals surface area contributed by atoms with Crippen molar-refractivity contribution in [2.24, 2.45) is 0 Å². The molecule has 2 N–H and O–H groups in total. The van der Waals surface area contributed by atoms with Crippen LogP contribution in [0.5, 0.6) is 5.75 Å². The van der Waals surface area contributed by atoms with Crippen LogP contribution in [0, 0.1) is 0 Å². The molecule has 1 atom stereocenters. The number of carbonyl (C=O) groups is 1. The van der Waals surface area contributed by atoms with Gasteiger partial charge < -0.3 is 15.4 Å². The molecule has 0 heterocycles. The molecule has 2 aromatic rings. The largest absolute Gasteiger partial charge is 0.494 e.